The minimum Gasteiger partial charge on any atom is -0.484 e. The topological polar surface area (TPSA) is 79.1 Å². The first-order valence-electron chi connectivity index (χ1n) is 9.21. The number of para-hydroxylation sites is 1. The van der Waals surface area contributed by atoms with Crippen LogP contribution in [-0.4, -0.2) is 19.9 Å². The van der Waals surface area contributed by atoms with E-state index < -0.39 is 0 Å². The van der Waals surface area contributed by atoms with Crippen molar-refractivity contribution >= 4 is 23.4 Å². The summed E-state index contributed by atoms with van der Waals surface area (Å²) in [6.07, 6.45) is 3.85. The molecule has 29 heavy (non-hydrogen) atoms. The van der Waals surface area contributed by atoms with E-state index in [9.17, 15) is 0 Å². The third kappa shape index (κ3) is 4.04. The average Bonchev–Trinajstić information content (AvgIpc) is 3.15. The number of hydrogen-bond acceptors (Lipinski definition) is 7. The summed E-state index contributed by atoms with van der Waals surface area (Å²) >= 11 is 7.75. The Kier molecular flexibility index (Phi) is 5.03. The Morgan fingerprint density at radius 1 is 1.14 bits per heavy atom. The number of halogens is 1. The molecule has 0 atom stereocenters. The fourth-order valence-corrected chi connectivity index (χ4v) is 4.06. The molecule has 0 unspecified atom stereocenters. The van der Waals surface area contributed by atoms with Gasteiger partial charge in [0, 0.05) is 17.9 Å². The Balaban J connectivity index is 1.28. The minimum absolute atomic E-state index is 0.320. The van der Waals surface area contributed by atoms with Crippen LogP contribution >= 0.6 is 23.4 Å². The molecule has 0 bridgehead atoms. The van der Waals surface area contributed by atoms with Gasteiger partial charge in [0.25, 0.3) is 0 Å². The van der Waals surface area contributed by atoms with Gasteiger partial charge in [0.2, 0.25) is 5.76 Å². The number of ether oxygens (including phenoxy) is 1. The van der Waals surface area contributed by atoms with Crippen molar-refractivity contribution in [2.75, 3.05) is 0 Å². The molecule has 1 fully saturated rings. The molecule has 148 valence electrons. The lowest BCUT2D eigenvalue weighted by atomic mass is 10.3. The van der Waals surface area contributed by atoms with Crippen LogP contribution in [0.15, 0.2) is 62.8 Å². The van der Waals surface area contributed by atoms with Crippen molar-refractivity contribution in [2.45, 2.75) is 36.4 Å². The molecule has 9 heteroatoms. The van der Waals surface area contributed by atoms with Crippen LogP contribution in [0.25, 0.3) is 11.5 Å². The maximum atomic E-state index is 6.17. The SMILES string of the molecule is Clc1ccccc1OCc1nnc(SCc2cc(-c3ccco3)on2)n1C1CC1. The fraction of sp³-hybridized carbons (Fsp3) is 0.250. The molecule has 1 aliphatic carbocycles. The number of aromatic nitrogens is 4. The number of rotatable bonds is 8. The zero-order valence-corrected chi connectivity index (χ0v) is 16.9. The summed E-state index contributed by atoms with van der Waals surface area (Å²) in [6.45, 7) is 0.320. The normalized spacial score (nSPS) is 13.7. The van der Waals surface area contributed by atoms with Gasteiger partial charge in [-0.2, -0.15) is 0 Å². The predicted octanol–water partition coefficient (Wildman–Crippen LogP) is 5.39. The predicted molar refractivity (Wildman–Crippen MR) is 108 cm³/mol. The van der Waals surface area contributed by atoms with Crippen molar-refractivity contribution < 1.29 is 13.7 Å². The van der Waals surface area contributed by atoms with Crippen LogP contribution in [0.5, 0.6) is 5.75 Å². The van der Waals surface area contributed by atoms with E-state index >= 15 is 0 Å². The number of nitrogens with zero attached hydrogens (tertiary/aromatic N) is 4. The van der Waals surface area contributed by atoms with E-state index in [2.05, 4.69) is 19.9 Å². The van der Waals surface area contributed by atoms with Gasteiger partial charge in [-0.25, -0.2) is 0 Å². The van der Waals surface area contributed by atoms with Gasteiger partial charge in [0.05, 0.1) is 17.0 Å². The molecule has 3 aromatic heterocycles. The van der Waals surface area contributed by atoms with Gasteiger partial charge in [0.1, 0.15) is 12.4 Å². The Bertz CT molecular complexity index is 1100. The highest BCUT2D eigenvalue weighted by Gasteiger charge is 2.30. The summed E-state index contributed by atoms with van der Waals surface area (Å²) in [5, 5.41) is 14.3. The molecule has 0 saturated heterocycles. The molecule has 0 N–H and O–H groups in total. The first-order valence-corrected chi connectivity index (χ1v) is 10.6. The highest BCUT2D eigenvalue weighted by atomic mass is 35.5. The summed E-state index contributed by atoms with van der Waals surface area (Å²) in [5.41, 5.74) is 0.820. The minimum atomic E-state index is 0.320. The van der Waals surface area contributed by atoms with E-state index in [1.165, 1.54) is 0 Å². The molecule has 0 radical (unpaired) electrons. The van der Waals surface area contributed by atoms with Crippen LogP contribution in [0.2, 0.25) is 5.02 Å². The van der Waals surface area contributed by atoms with Crippen LogP contribution in [-0.2, 0) is 12.4 Å². The Labute approximate surface area is 176 Å². The van der Waals surface area contributed by atoms with Gasteiger partial charge in [-0.15, -0.1) is 10.2 Å². The number of benzene rings is 1. The maximum Gasteiger partial charge on any atom is 0.202 e. The van der Waals surface area contributed by atoms with Gasteiger partial charge in [-0.3, -0.25) is 4.57 Å². The summed E-state index contributed by atoms with van der Waals surface area (Å²) in [6, 6.07) is 13.4. The van der Waals surface area contributed by atoms with Crippen molar-refractivity contribution in [3.05, 3.63) is 65.3 Å². The third-order valence-corrected chi connectivity index (χ3v) is 5.80. The van der Waals surface area contributed by atoms with Gasteiger partial charge >= 0.3 is 0 Å². The Morgan fingerprint density at radius 2 is 2.03 bits per heavy atom. The van der Waals surface area contributed by atoms with Gasteiger partial charge in [0.15, 0.2) is 16.7 Å². The first kappa shape index (κ1) is 18.3. The lowest BCUT2D eigenvalue weighted by Crippen LogP contribution is -2.07. The van der Waals surface area contributed by atoms with Gasteiger partial charge in [-0.05, 0) is 37.1 Å². The van der Waals surface area contributed by atoms with Crippen LogP contribution in [0.4, 0.5) is 0 Å². The molecule has 1 aromatic carbocycles. The summed E-state index contributed by atoms with van der Waals surface area (Å²) in [4.78, 5) is 0. The zero-order chi connectivity index (χ0) is 19.6. The second-order valence-electron chi connectivity index (χ2n) is 6.67. The van der Waals surface area contributed by atoms with Gasteiger partial charge < -0.3 is 13.7 Å². The second kappa shape index (κ2) is 7.96. The molecular weight excluding hydrogens is 412 g/mol. The highest BCUT2D eigenvalue weighted by molar-refractivity contribution is 7.98. The van der Waals surface area contributed by atoms with Crippen molar-refractivity contribution in [3.8, 4) is 17.3 Å². The highest BCUT2D eigenvalue weighted by Crippen LogP contribution is 2.39. The fourth-order valence-electron chi connectivity index (χ4n) is 2.96. The molecule has 7 nitrogen and oxygen atoms in total. The molecular formula is C20H17ClN4O3S. The van der Waals surface area contributed by atoms with Crippen LogP contribution < -0.4 is 4.74 Å². The molecule has 4 aromatic rings. The van der Waals surface area contributed by atoms with Crippen LogP contribution in [0.3, 0.4) is 0 Å². The molecule has 1 aliphatic rings. The van der Waals surface area contributed by atoms with E-state index in [-0.39, 0.29) is 0 Å². The van der Waals surface area contributed by atoms with E-state index in [1.807, 2.05) is 36.4 Å². The van der Waals surface area contributed by atoms with E-state index in [1.54, 1.807) is 24.1 Å². The molecule has 1 saturated carbocycles. The first-order chi connectivity index (χ1) is 14.3. The smallest absolute Gasteiger partial charge is 0.202 e. The summed E-state index contributed by atoms with van der Waals surface area (Å²) in [7, 11) is 0. The van der Waals surface area contributed by atoms with Crippen molar-refractivity contribution in [3.63, 3.8) is 0 Å². The van der Waals surface area contributed by atoms with Crippen LogP contribution in [0, 0.1) is 0 Å². The lowest BCUT2D eigenvalue weighted by Gasteiger charge is -2.10. The average molecular weight is 429 g/mol. The standard InChI is InChI=1S/C20H17ClN4O3S/c21-15-4-1-2-5-16(15)27-11-19-22-23-20(25(19)14-7-8-14)29-12-13-10-18(28-24-13)17-6-3-9-26-17/h1-6,9-10,14H,7-8,11-12H2. The number of hydrogen-bond donors (Lipinski definition) is 0. The summed E-state index contributed by atoms with van der Waals surface area (Å²) < 4.78 is 18.7. The van der Waals surface area contributed by atoms with E-state index in [4.69, 9.17) is 25.3 Å². The van der Waals surface area contributed by atoms with Crippen molar-refractivity contribution in [1.29, 1.82) is 0 Å². The van der Waals surface area contributed by atoms with Crippen molar-refractivity contribution in [2.24, 2.45) is 0 Å². The molecule has 5 rings (SSSR count). The third-order valence-electron chi connectivity index (χ3n) is 4.51. The van der Waals surface area contributed by atoms with Crippen LogP contribution in [0.1, 0.15) is 30.4 Å². The van der Waals surface area contributed by atoms with E-state index in [0.29, 0.717) is 40.7 Å². The van der Waals surface area contributed by atoms with E-state index in [0.717, 1.165) is 29.5 Å². The maximum absolute atomic E-state index is 6.17. The lowest BCUT2D eigenvalue weighted by molar-refractivity contribution is 0.288. The quantitative estimate of drug-likeness (QED) is 0.348. The Hall–Kier alpha value is -2.71. The Morgan fingerprint density at radius 3 is 2.83 bits per heavy atom. The zero-order valence-electron chi connectivity index (χ0n) is 15.3. The largest absolute Gasteiger partial charge is 0.484 e. The molecule has 3 heterocycles. The molecule has 0 spiro atoms. The van der Waals surface area contributed by atoms with Crippen molar-refractivity contribution in [1.82, 2.24) is 19.9 Å². The monoisotopic (exact) mass is 428 g/mol. The molecule has 0 aliphatic heterocycles. The summed E-state index contributed by atoms with van der Waals surface area (Å²) in [5.74, 6) is 3.34. The van der Waals surface area contributed by atoms with Gasteiger partial charge in [-0.1, -0.05) is 40.7 Å². The number of furan rings is 1. The number of thioether (sulfide) groups is 1. The molecule has 0 amide bonds. The second-order valence-corrected chi connectivity index (χ2v) is 8.02.